The van der Waals surface area contributed by atoms with Crippen molar-refractivity contribution < 1.29 is 29.0 Å². The molecule has 0 saturated carbocycles. The van der Waals surface area contributed by atoms with E-state index in [1.807, 2.05) is 5.09 Å². The molecule has 4 N–H and O–H groups in total. The zero-order valence-corrected chi connectivity index (χ0v) is 10.1. The van der Waals surface area contributed by atoms with Gasteiger partial charge in [-0.25, -0.2) is 14.4 Å². The molecular formula is C8H15N2O6P. The van der Waals surface area contributed by atoms with Gasteiger partial charge in [0.2, 0.25) is 5.91 Å². The number of hydrogen-bond acceptors (Lipinski definition) is 3. The fourth-order valence-electron chi connectivity index (χ4n) is 1.84. The van der Waals surface area contributed by atoms with E-state index in [4.69, 9.17) is 14.9 Å². The number of likely N-dealkylation sites (tertiary alicyclic amines) is 1. The molecule has 17 heavy (non-hydrogen) atoms. The van der Waals surface area contributed by atoms with Crippen LogP contribution in [0.1, 0.15) is 19.8 Å². The summed E-state index contributed by atoms with van der Waals surface area (Å²) in [5, 5.41) is 10.7. The lowest BCUT2D eigenvalue weighted by Crippen LogP contribution is -2.48. The number of aliphatic carboxylic acids is 1. The third-order valence-corrected chi connectivity index (χ3v) is 3.28. The molecule has 1 amide bonds. The number of carbonyl (C=O) groups excluding carboxylic acids is 1. The van der Waals surface area contributed by atoms with Crippen molar-refractivity contribution in [3.63, 3.8) is 0 Å². The number of nitrogens with zero attached hydrogens (tertiary/aromatic N) is 1. The minimum atomic E-state index is -4.50. The van der Waals surface area contributed by atoms with Gasteiger partial charge in [-0.15, -0.1) is 0 Å². The second kappa shape index (κ2) is 5.14. The van der Waals surface area contributed by atoms with Gasteiger partial charge in [-0.1, -0.05) is 0 Å². The lowest BCUT2D eigenvalue weighted by atomic mass is 10.2. The lowest BCUT2D eigenvalue weighted by Gasteiger charge is -2.25. The molecule has 1 aliphatic heterocycles. The highest BCUT2D eigenvalue weighted by Gasteiger charge is 2.37. The maximum absolute atomic E-state index is 11.8. The fraction of sp³-hybridized carbons (Fsp3) is 0.750. The molecule has 0 bridgehead atoms. The predicted molar refractivity (Wildman–Crippen MR) is 57.0 cm³/mol. The molecule has 2 atom stereocenters. The number of rotatable bonds is 4. The third-order valence-electron chi connectivity index (χ3n) is 2.55. The van der Waals surface area contributed by atoms with Gasteiger partial charge in [-0.3, -0.25) is 4.79 Å². The Morgan fingerprint density at radius 1 is 1.47 bits per heavy atom. The summed E-state index contributed by atoms with van der Waals surface area (Å²) in [5.41, 5.74) is 0. The molecule has 0 spiro atoms. The molecule has 9 heteroatoms. The maximum Gasteiger partial charge on any atom is 0.401 e. The Morgan fingerprint density at radius 2 is 2.06 bits per heavy atom. The molecule has 1 fully saturated rings. The minimum Gasteiger partial charge on any atom is -0.480 e. The molecular weight excluding hydrogens is 251 g/mol. The number of amides is 1. The molecule has 98 valence electrons. The number of carbonyl (C=O) groups is 2. The summed E-state index contributed by atoms with van der Waals surface area (Å²) in [7, 11) is -4.50. The van der Waals surface area contributed by atoms with Gasteiger partial charge in [-0.2, -0.15) is 0 Å². The highest BCUT2D eigenvalue weighted by Crippen LogP contribution is 2.30. The van der Waals surface area contributed by atoms with Crippen LogP contribution in [0.25, 0.3) is 0 Å². The fourth-order valence-corrected chi connectivity index (χ4v) is 2.46. The average Bonchev–Trinajstić information content (AvgIpc) is 2.61. The Morgan fingerprint density at radius 3 is 2.53 bits per heavy atom. The Kier molecular flexibility index (Phi) is 4.26. The Balaban J connectivity index is 2.69. The van der Waals surface area contributed by atoms with E-state index in [0.29, 0.717) is 19.4 Å². The van der Waals surface area contributed by atoms with Crippen molar-refractivity contribution in [2.75, 3.05) is 6.54 Å². The first-order chi connectivity index (χ1) is 7.72. The number of hydrogen-bond donors (Lipinski definition) is 4. The quantitative estimate of drug-likeness (QED) is 0.487. The molecule has 0 aliphatic carbocycles. The SMILES string of the molecule is CC(NP(=O)(O)O)C(=O)N1CCCC1C(=O)O. The number of carboxylic acids is 1. The van der Waals surface area contributed by atoms with Gasteiger partial charge >= 0.3 is 13.7 Å². The summed E-state index contributed by atoms with van der Waals surface area (Å²) >= 11 is 0. The van der Waals surface area contributed by atoms with Gasteiger partial charge in [0.1, 0.15) is 6.04 Å². The van der Waals surface area contributed by atoms with Crippen LogP contribution in [0.4, 0.5) is 0 Å². The first-order valence-corrected chi connectivity index (χ1v) is 6.70. The second-order valence-corrected chi connectivity index (χ2v) is 5.27. The van der Waals surface area contributed by atoms with Crippen LogP contribution < -0.4 is 5.09 Å². The molecule has 1 heterocycles. The van der Waals surface area contributed by atoms with E-state index in [1.54, 1.807) is 0 Å². The molecule has 0 radical (unpaired) electrons. The summed E-state index contributed by atoms with van der Waals surface area (Å²) in [6.45, 7) is 1.58. The zero-order chi connectivity index (χ0) is 13.2. The monoisotopic (exact) mass is 266 g/mol. The Hall–Kier alpha value is -0.950. The van der Waals surface area contributed by atoms with E-state index in [0.717, 1.165) is 4.90 Å². The van der Waals surface area contributed by atoms with Crippen molar-refractivity contribution in [1.82, 2.24) is 9.99 Å². The zero-order valence-electron chi connectivity index (χ0n) is 9.24. The molecule has 0 aromatic carbocycles. The van der Waals surface area contributed by atoms with Crippen LogP contribution in [0, 0.1) is 0 Å². The van der Waals surface area contributed by atoms with E-state index in [-0.39, 0.29) is 0 Å². The average molecular weight is 266 g/mol. The molecule has 1 saturated heterocycles. The summed E-state index contributed by atoms with van der Waals surface area (Å²) in [6.07, 6.45) is 0.940. The van der Waals surface area contributed by atoms with Gasteiger partial charge in [0.15, 0.2) is 0 Å². The molecule has 8 nitrogen and oxygen atoms in total. The molecule has 0 aromatic heterocycles. The number of nitrogens with one attached hydrogen (secondary N) is 1. The first-order valence-electron chi connectivity index (χ1n) is 5.09. The molecule has 1 aliphatic rings. The van der Waals surface area contributed by atoms with Gasteiger partial charge in [-0.05, 0) is 19.8 Å². The van der Waals surface area contributed by atoms with Gasteiger partial charge in [0, 0.05) is 6.54 Å². The van der Waals surface area contributed by atoms with Crippen molar-refractivity contribution >= 4 is 19.6 Å². The molecule has 1 rings (SSSR count). The van der Waals surface area contributed by atoms with E-state index in [9.17, 15) is 14.2 Å². The Bertz CT molecular complexity index is 367. The highest BCUT2D eigenvalue weighted by molar-refractivity contribution is 7.49. The van der Waals surface area contributed by atoms with Gasteiger partial charge < -0.3 is 19.8 Å². The molecule has 2 unspecified atom stereocenters. The predicted octanol–water partition coefficient (Wildman–Crippen LogP) is -0.867. The standard InChI is InChI=1S/C8H15N2O6P/c1-5(9-17(14,15)16)7(11)10-4-2-3-6(10)8(12)13/h5-6H,2-4H2,1H3,(H,12,13)(H3,9,14,15,16). The molecule has 0 aromatic rings. The highest BCUT2D eigenvalue weighted by atomic mass is 31.2. The normalized spacial score (nSPS) is 22.5. The van der Waals surface area contributed by atoms with Crippen LogP contribution in [-0.4, -0.2) is 50.3 Å². The smallest absolute Gasteiger partial charge is 0.401 e. The summed E-state index contributed by atoms with van der Waals surface area (Å²) in [4.78, 5) is 41.1. The summed E-state index contributed by atoms with van der Waals surface area (Å²) in [6, 6.07) is -2.01. The van der Waals surface area contributed by atoms with Crippen molar-refractivity contribution in [2.24, 2.45) is 0 Å². The van der Waals surface area contributed by atoms with Crippen molar-refractivity contribution in [2.45, 2.75) is 31.8 Å². The van der Waals surface area contributed by atoms with Crippen LogP contribution in [0.15, 0.2) is 0 Å². The van der Waals surface area contributed by atoms with Crippen LogP contribution in [0.2, 0.25) is 0 Å². The van der Waals surface area contributed by atoms with Gasteiger partial charge in [0.25, 0.3) is 0 Å². The summed E-state index contributed by atoms with van der Waals surface area (Å²) < 4.78 is 10.7. The lowest BCUT2D eigenvalue weighted by molar-refractivity contribution is -0.148. The topological polar surface area (TPSA) is 127 Å². The van der Waals surface area contributed by atoms with E-state index >= 15 is 0 Å². The second-order valence-electron chi connectivity index (χ2n) is 3.92. The van der Waals surface area contributed by atoms with Crippen molar-refractivity contribution in [3.05, 3.63) is 0 Å². The van der Waals surface area contributed by atoms with E-state index in [1.165, 1.54) is 6.92 Å². The largest absolute Gasteiger partial charge is 0.480 e. The van der Waals surface area contributed by atoms with Crippen LogP contribution >= 0.6 is 7.75 Å². The van der Waals surface area contributed by atoms with Gasteiger partial charge in [0.05, 0.1) is 6.04 Å². The summed E-state index contributed by atoms with van der Waals surface area (Å²) in [5.74, 6) is -1.71. The van der Waals surface area contributed by atoms with Crippen LogP contribution in [0.5, 0.6) is 0 Å². The minimum absolute atomic E-state index is 0.295. The van der Waals surface area contributed by atoms with Crippen molar-refractivity contribution in [1.29, 1.82) is 0 Å². The van der Waals surface area contributed by atoms with Crippen LogP contribution in [-0.2, 0) is 14.2 Å². The van der Waals surface area contributed by atoms with Crippen LogP contribution in [0.3, 0.4) is 0 Å². The van der Waals surface area contributed by atoms with E-state index < -0.39 is 31.7 Å². The maximum atomic E-state index is 11.8. The Labute approximate surface area is 97.8 Å². The number of carboxylic acid groups (broad SMARTS) is 1. The van der Waals surface area contributed by atoms with E-state index in [2.05, 4.69) is 0 Å². The third kappa shape index (κ3) is 3.78. The first kappa shape index (κ1) is 14.1. The van der Waals surface area contributed by atoms with Crippen molar-refractivity contribution in [3.8, 4) is 0 Å².